The Hall–Kier alpha value is -0.360. The van der Waals surface area contributed by atoms with E-state index in [1.807, 2.05) is 12.1 Å². The van der Waals surface area contributed by atoms with Crippen molar-refractivity contribution in [2.24, 2.45) is 0 Å². The second-order valence-electron chi connectivity index (χ2n) is 6.19. The molecular formula is C16H25BrN2O2. The molecule has 0 atom stereocenters. The third-order valence-electron chi connectivity index (χ3n) is 4.85. The van der Waals surface area contributed by atoms with E-state index in [1.165, 1.54) is 32.1 Å². The first kappa shape index (κ1) is 15.5. The van der Waals surface area contributed by atoms with Gasteiger partial charge in [0.25, 0.3) is 0 Å². The minimum absolute atomic E-state index is 0.325. The summed E-state index contributed by atoms with van der Waals surface area (Å²) in [6.07, 6.45) is 6.71. The maximum atomic E-state index is 5.57. The molecular weight excluding hydrogens is 332 g/mol. The normalized spacial score (nSPS) is 23.3. The molecule has 0 radical (unpaired) electrons. The molecule has 1 N–H and O–H groups in total. The molecule has 0 unspecified atom stereocenters. The van der Waals surface area contributed by atoms with Crippen molar-refractivity contribution in [3.8, 4) is 0 Å². The van der Waals surface area contributed by atoms with Crippen molar-refractivity contribution >= 4 is 15.9 Å². The summed E-state index contributed by atoms with van der Waals surface area (Å²) < 4.78 is 11.9. The van der Waals surface area contributed by atoms with Gasteiger partial charge in [-0.05, 0) is 40.9 Å². The van der Waals surface area contributed by atoms with E-state index >= 15 is 0 Å². The second kappa shape index (κ2) is 7.27. The fraction of sp³-hybridized carbons (Fsp3) is 0.750. The molecule has 2 aliphatic rings. The van der Waals surface area contributed by atoms with E-state index < -0.39 is 0 Å². The van der Waals surface area contributed by atoms with Crippen LogP contribution in [0, 0.1) is 0 Å². The molecule has 1 aliphatic heterocycles. The third kappa shape index (κ3) is 3.89. The minimum atomic E-state index is 0.325. The highest BCUT2D eigenvalue weighted by Crippen LogP contribution is 2.34. The second-order valence-corrected chi connectivity index (χ2v) is 6.98. The lowest BCUT2D eigenvalue weighted by Gasteiger charge is -2.48. The van der Waals surface area contributed by atoms with Crippen molar-refractivity contribution in [3.63, 3.8) is 0 Å². The highest BCUT2D eigenvalue weighted by Gasteiger charge is 2.38. The van der Waals surface area contributed by atoms with E-state index in [-0.39, 0.29) is 0 Å². The monoisotopic (exact) mass is 356 g/mol. The summed E-state index contributed by atoms with van der Waals surface area (Å²) in [5.41, 5.74) is 0.325. The van der Waals surface area contributed by atoms with Crippen LogP contribution in [0.1, 0.15) is 37.9 Å². The molecule has 2 heterocycles. The van der Waals surface area contributed by atoms with Crippen LogP contribution in [-0.4, -0.2) is 43.3 Å². The topological polar surface area (TPSA) is 37.6 Å². The molecule has 5 heteroatoms. The summed E-state index contributed by atoms with van der Waals surface area (Å²) in [5, 5.41) is 3.63. The number of nitrogens with zero attached hydrogens (tertiary/aromatic N) is 1. The van der Waals surface area contributed by atoms with Crippen LogP contribution in [0.3, 0.4) is 0 Å². The molecule has 1 aliphatic carbocycles. The first-order chi connectivity index (χ1) is 10.3. The van der Waals surface area contributed by atoms with Crippen LogP contribution < -0.4 is 5.32 Å². The zero-order valence-electron chi connectivity index (χ0n) is 12.6. The lowest BCUT2D eigenvalue weighted by atomic mass is 9.79. The predicted molar refractivity (Wildman–Crippen MR) is 86.3 cm³/mol. The van der Waals surface area contributed by atoms with Crippen LogP contribution in [0.5, 0.6) is 0 Å². The first-order valence-corrected chi connectivity index (χ1v) is 8.86. The van der Waals surface area contributed by atoms with Crippen LogP contribution in [0.2, 0.25) is 0 Å². The highest BCUT2D eigenvalue weighted by atomic mass is 79.9. The van der Waals surface area contributed by atoms with Crippen molar-refractivity contribution in [2.75, 3.05) is 32.8 Å². The van der Waals surface area contributed by atoms with E-state index in [0.29, 0.717) is 5.54 Å². The van der Waals surface area contributed by atoms with Gasteiger partial charge in [0.1, 0.15) is 5.76 Å². The molecule has 118 valence electrons. The maximum absolute atomic E-state index is 5.57. The van der Waals surface area contributed by atoms with Gasteiger partial charge in [0.2, 0.25) is 0 Å². The number of hydrogen-bond acceptors (Lipinski definition) is 4. The smallest absolute Gasteiger partial charge is 0.169 e. The Labute approximate surface area is 135 Å². The zero-order valence-corrected chi connectivity index (χ0v) is 14.2. The number of ether oxygens (including phenoxy) is 1. The van der Waals surface area contributed by atoms with Gasteiger partial charge in [0.05, 0.1) is 19.8 Å². The summed E-state index contributed by atoms with van der Waals surface area (Å²) in [5.74, 6) is 0.995. The highest BCUT2D eigenvalue weighted by molar-refractivity contribution is 9.10. The summed E-state index contributed by atoms with van der Waals surface area (Å²) in [6.45, 7) is 5.77. The fourth-order valence-electron chi connectivity index (χ4n) is 3.72. The summed E-state index contributed by atoms with van der Waals surface area (Å²) in [4.78, 5) is 2.67. The Bertz CT molecular complexity index is 437. The fourth-order valence-corrected chi connectivity index (χ4v) is 4.06. The summed E-state index contributed by atoms with van der Waals surface area (Å²) in [6, 6.07) is 3.98. The Morgan fingerprint density at radius 1 is 1.14 bits per heavy atom. The molecule has 1 saturated carbocycles. The van der Waals surface area contributed by atoms with Gasteiger partial charge in [-0.3, -0.25) is 4.90 Å². The number of hydrogen-bond donors (Lipinski definition) is 1. The molecule has 1 aromatic heterocycles. The van der Waals surface area contributed by atoms with E-state index in [1.54, 1.807) is 0 Å². The van der Waals surface area contributed by atoms with Gasteiger partial charge < -0.3 is 14.5 Å². The predicted octanol–water partition coefficient (Wildman–Crippen LogP) is 3.17. The number of rotatable bonds is 5. The van der Waals surface area contributed by atoms with Gasteiger partial charge in [-0.25, -0.2) is 0 Å². The molecule has 3 rings (SSSR count). The van der Waals surface area contributed by atoms with Crippen LogP contribution in [-0.2, 0) is 11.3 Å². The lowest BCUT2D eigenvalue weighted by Crippen LogP contribution is -2.59. The van der Waals surface area contributed by atoms with Crippen molar-refractivity contribution in [1.29, 1.82) is 0 Å². The molecule has 1 saturated heterocycles. The Balaban J connectivity index is 1.59. The van der Waals surface area contributed by atoms with E-state index in [9.17, 15) is 0 Å². The maximum Gasteiger partial charge on any atom is 0.169 e. The number of morpholine rings is 1. The number of halogens is 1. The first-order valence-electron chi connectivity index (χ1n) is 8.06. The van der Waals surface area contributed by atoms with Crippen LogP contribution in [0.15, 0.2) is 21.2 Å². The largest absolute Gasteiger partial charge is 0.453 e. The molecule has 0 aromatic carbocycles. The van der Waals surface area contributed by atoms with Crippen molar-refractivity contribution in [1.82, 2.24) is 10.2 Å². The molecule has 0 amide bonds. The van der Waals surface area contributed by atoms with E-state index in [2.05, 4.69) is 26.1 Å². The average Bonchev–Trinajstić information content (AvgIpc) is 2.95. The van der Waals surface area contributed by atoms with Gasteiger partial charge in [-0.15, -0.1) is 0 Å². The van der Waals surface area contributed by atoms with Gasteiger partial charge in [0.15, 0.2) is 4.67 Å². The molecule has 1 aromatic rings. The SMILES string of the molecule is Brc1ccc(CNCC2(N3CCOCC3)CCCCC2)o1. The number of nitrogens with one attached hydrogen (secondary N) is 1. The third-order valence-corrected chi connectivity index (χ3v) is 5.27. The Morgan fingerprint density at radius 2 is 1.90 bits per heavy atom. The lowest BCUT2D eigenvalue weighted by molar-refractivity contribution is -0.0370. The van der Waals surface area contributed by atoms with Crippen molar-refractivity contribution < 1.29 is 9.15 Å². The van der Waals surface area contributed by atoms with E-state index in [0.717, 1.165) is 49.8 Å². The molecule has 21 heavy (non-hydrogen) atoms. The summed E-state index contributed by atoms with van der Waals surface area (Å²) >= 11 is 3.36. The minimum Gasteiger partial charge on any atom is -0.453 e. The Morgan fingerprint density at radius 3 is 2.57 bits per heavy atom. The van der Waals surface area contributed by atoms with Gasteiger partial charge in [0, 0.05) is 25.2 Å². The van der Waals surface area contributed by atoms with Crippen LogP contribution in [0.25, 0.3) is 0 Å². The van der Waals surface area contributed by atoms with E-state index in [4.69, 9.17) is 9.15 Å². The van der Waals surface area contributed by atoms with Crippen molar-refractivity contribution in [2.45, 2.75) is 44.2 Å². The van der Waals surface area contributed by atoms with Crippen LogP contribution >= 0.6 is 15.9 Å². The standard InChI is InChI=1S/C16H25BrN2O2/c17-15-5-4-14(21-15)12-18-13-16(6-2-1-3-7-16)19-8-10-20-11-9-19/h4-5,18H,1-3,6-13H2. The number of furan rings is 1. The average molecular weight is 357 g/mol. The van der Waals surface area contributed by atoms with Gasteiger partial charge in [-0.1, -0.05) is 19.3 Å². The molecule has 0 spiro atoms. The quantitative estimate of drug-likeness (QED) is 0.879. The zero-order chi connectivity index (χ0) is 14.5. The van der Waals surface area contributed by atoms with Gasteiger partial charge in [-0.2, -0.15) is 0 Å². The summed E-state index contributed by atoms with van der Waals surface area (Å²) in [7, 11) is 0. The van der Waals surface area contributed by atoms with Crippen molar-refractivity contribution in [3.05, 3.63) is 22.6 Å². The molecule has 2 fully saturated rings. The molecule has 0 bridgehead atoms. The van der Waals surface area contributed by atoms with Crippen LogP contribution in [0.4, 0.5) is 0 Å². The van der Waals surface area contributed by atoms with Gasteiger partial charge >= 0.3 is 0 Å². The molecule has 4 nitrogen and oxygen atoms in total. The Kier molecular flexibility index (Phi) is 5.38.